The van der Waals surface area contributed by atoms with Gasteiger partial charge in [-0.05, 0) is 13.8 Å². The monoisotopic (exact) mass is 228 g/mol. The number of carbonyl (C=O) groups excluding carboxylic acids is 1. The summed E-state index contributed by atoms with van der Waals surface area (Å²) in [5.74, 6) is -3.37. The predicted octanol–water partition coefficient (Wildman–Crippen LogP) is -0.145. The van der Waals surface area contributed by atoms with Crippen LogP contribution in [0.3, 0.4) is 0 Å². The van der Waals surface area contributed by atoms with Gasteiger partial charge in [0.15, 0.2) is 0 Å². The van der Waals surface area contributed by atoms with Crippen LogP contribution in [0.2, 0.25) is 0 Å². The number of amides is 1. The Morgan fingerprint density at radius 2 is 1.80 bits per heavy atom. The number of hydrogen-bond donors (Lipinski definition) is 3. The minimum absolute atomic E-state index is 0.357. The van der Waals surface area contributed by atoms with Crippen LogP contribution >= 0.6 is 0 Å². The number of carboxylic acid groups (broad SMARTS) is 1. The molecule has 0 heterocycles. The molecule has 0 spiro atoms. The summed E-state index contributed by atoms with van der Waals surface area (Å²) < 4.78 is 37.0. The fourth-order valence-corrected chi connectivity index (χ4v) is 0.606. The lowest BCUT2D eigenvalue weighted by atomic mass is 10.0. The quantitative estimate of drug-likeness (QED) is 0.626. The van der Waals surface area contributed by atoms with Gasteiger partial charge in [-0.15, -0.1) is 0 Å². The summed E-state index contributed by atoms with van der Waals surface area (Å²) in [5.41, 5.74) is 1.69. The number of carboxylic acids is 1. The van der Waals surface area contributed by atoms with Crippen LogP contribution in [0.5, 0.6) is 0 Å². The fourth-order valence-electron chi connectivity index (χ4n) is 0.606. The molecule has 0 rings (SSSR count). The summed E-state index contributed by atoms with van der Waals surface area (Å²) in [7, 11) is 0. The topological polar surface area (TPSA) is 92.4 Å². The second-order valence-corrected chi connectivity index (χ2v) is 3.21. The van der Waals surface area contributed by atoms with Gasteiger partial charge in [0.25, 0.3) is 0 Å². The Hall–Kier alpha value is -1.31. The average Bonchev–Trinajstić information content (AvgIpc) is 2.01. The molecule has 0 radical (unpaired) electrons. The van der Waals surface area contributed by atoms with Gasteiger partial charge in [0.1, 0.15) is 0 Å². The molecule has 5 nitrogen and oxygen atoms in total. The van der Waals surface area contributed by atoms with Crippen LogP contribution in [0.4, 0.5) is 13.2 Å². The molecule has 0 aliphatic heterocycles. The third kappa shape index (κ3) is 2.82. The van der Waals surface area contributed by atoms with E-state index >= 15 is 0 Å². The lowest BCUT2D eigenvalue weighted by Gasteiger charge is -2.29. The van der Waals surface area contributed by atoms with Gasteiger partial charge in [-0.3, -0.25) is 4.79 Å². The molecular weight excluding hydrogens is 217 g/mol. The molecule has 0 aromatic rings. The first kappa shape index (κ1) is 13.7. The van der Waals surface area contributed by atoms with E-state index in [2.05, 4.69) is 0 Å². The minimum atomic E-state index is -5.09. The number of halogens is 3. The molecule has 0 bridgehead atoms. The number of aliphatic carboxylic acids is 1. The van der Waals surface area contributed by atoms with Crippen molar-refractivity contribution in [2.45, 2.75) is 31.6 Å². The van der Waals surface area contributed by atoms with Crippen LogP contribution in [0.25, 0.3) is 0 Å². The SMILES string of the molecule is CC(N)C(=O)NC(C)(C(=O)O)C(F)(F)F. The molecule has 0 aromatic heterocycles. The minimum Gasteiger partial charge on any atom is -0.479 e. The standard InChI is InChI=1S/C7H11F3N2O3/c1-3(11)4(13)12-6(2,5(14)15)7(8,9)10/h3H,11H2,1-2H3,(H,12,13)(H,14,15). The number of nitrogens with one attached hydrogen (secondary N) is 1. The maximum atomic E-state index is 12.3. The molecule has 4 N–H and O–H groups in total. The first-order chi connectivity index (χ1) is 6.52. The van der Waals surface area contributed by atoms with Crippen molar-refractivity contribution >= 4 is 11.9 Å². The van der Waals surface area contributed by atoms with Crippen LogP contribution in [-0.4, -0.2) is 34.7 Å². The van der Waals surface area contributed by atoms with Gasteiger partial charge in [0.2, 0.25) is 11.4 Å². The lowest BCUT2D eigenvalue weighted by molar-refractivity contribution is -0.207. The van der Waals surface area contributed by atoms with Crippen molar-refractivity contribution < 1.29 is 27.9 Å². The van der Waals surface area contributed by atoms with Crippen molar-refractivity contribution in [2.24, 2.45) is 5.73 Å². The normalized spacial score (nSPS) is 17.7. The van der Waals surface area contributed by atoms with Gasteiger partial charge in [0.05, 0.1) is 6.04 Å². The van der Waals surface area contributed by atoms with Crippen molar-refractivity contribution in [3.8, 4) is 0 Å². The highest BCUT2D eigenvalue weighted by atomic mass is 19.4. The van der Waals surface area contributed by atoms with Gasteiger partial charge >= 0.3 is 12.1 Å². The molecule has 2 unspecified atom stereocenters. The highest BCUT2D eigenvalue weighted by Gasteiger charge is 2.58. The van der Waals surface area contributed by atoms with E-state index in [0.717, 1.165) is 6.92 Å². The Labute approximate surface area is 83.4 Å². The molecule has 15 heavy (non-hydrogen) atoms. The average molecular weight is 228 g/mol. The van der Waals surface area contributed by atoms with Crippen molar-refractivity contribution in [1.29, 1.82) is 0 Å². The number of hydrogen-bond acceptors (Lipinski definition) is 3. The largest absolute Gasteiger partial charge is 0.479 e. The van der Waals surface area contributed by atoms with E-state index in [9.17, 15) is 22.8 Å². The molecule has 0 fully saturated rings. The van der Waals surface area contributed by atoms with E-state index < -0.39 is 29.6 Å². The summed E-state index contributed by atoms with van der Waals surface area (Å²) in [6.45, 7) is 1.50. The van der Waals surface area contributed by atoms with Crippen LogP contribution in [0, 0.1) is 0 Å². The number of alkyl halides is 3. The summed E-state index contributed by atoms with van der Waals surface area (Å²) in [4.78, 5) is 21.4. The molecule has 0 saturated heterocycles. The van der Waals surface area contributed by atoms with Gasteiger partial charge < -0.3 is 16.2 Å². The number of nitrogens with two attached hydrogens (primary N) is 1. The molecule has 0 saturated carbocycles. The summed E-state index contributed by atoms with van der Waals surface area (Å²) in [6.07, 6.45) is -5.09. The third-order valence-corrected chi connectivity index (χ3v) is 1.78. The number of carbonyl (C=O) groups is 2. The lowest BCUT2D eigenvalue weighted by Crippen LogP contribution is -2.63. The van der Waals surface area contributed by atoms with Crippen molar-refractivity contribution in [2.75, 3.05) is 0 Å². The Bertz CT molecular complexity index is 277. The molecule has 1 amide bonds. The molecule has 0 aromatic carbocycles. The molecule has 0 aliphatic carbocycles. The Morgan fingerprint density at radius 3 is 2.00 bits per heavy atom. The zero-order valence-electron chi connectivity index (χ0n) is 8.05. The van der Waals surface area contributed by atoms with Crippen LogP contribution in [-0.2, 0) is 9.59 Å². The van der Waals surface area contributed by atoms with Crippen molar-refractivity contribution in [1.82, 2.24) is 5.32 Å². The van der Waals surface area contributed by atoms with Crippen molar-refractivity contribution in [3.63, 3.8) is 0 Å². The summed E-state index contributed by atoms with van der Waals surface area (Å²) >= 11 is 0. The fraction of sp³-hybridized carbons (Fsp3) is 0.714. The Kier molecular flexibility index (Phi) is 3.70. The molecule has 2 atom stereocenters. The number of rotatable bonds is 3. The van der Waals surface area contributed by atoms with E-state index in [-0.39, 0.29) is 0 Å². The maximum absolute atomic E-state index is 12.3. The Balaban J connectivity index is 5.01. The first-order valence-electron chi connectivity index (χ1n) is 3.90. The van der Waals surface area contributed by atoms with Crippen molar-refractivity contribution in [3.05, 3.63) is 0 Å². The van der Waals surface area contributed by atoms with Gasteiger partial charge in [-0.2, -0.15) is 13.2 Å². The third-order valence-electron chi connectivity index (χ3n) is 1.78. The molecular formula is C7H11F3N2O3. The van der Waals surface area contributed by atoms with Crippen LogP contribution in [0.1, 0.15) is 13.8 Å². The zero-order valence-corrected chi connectivity index (χ0v) is 8.05. The van der Waals surface area contributed by atoms with E-state index in [0.29, 0.717) is 6.92 Å². The summed E-state index contributed by atoms with van der Waals surface area (Å²) in [5, 5.41) is 9.77. The van der Waals surface area contributed by atoms with E-state index in [1.54, 1.807) is 0 Å². The van der Waals surface area contributed by atoms with Crippen LogP contribution in [0.15, 0.2) is 0 Å². The van der Waals surface area contributed by atoms with Crippen LogP contribution < -0.4 is 11.1 Å². The van der Waals surface area contributed by atoms with E-state index in [1.807, 2.05) is 0 Å². The molecule has 8 heteroatoms. The maximum Gasteiger partial charge on any atom is 0.422 e. The molecule has 88 valence electrons. The van der Waals surface area contributed by atoms with E-state index in [1.165, 1.54) is 5.32 Å². The highest BCUT2D eigenvalue weighted by Crippen LogP contribution is 2.30. The van der Waals surface area contributed by atoms with Gasteiger partial charge in [-0.1, -0.05) is 0 Å². The van der Waals surface area contributed by atoms with E-state index in [4.69, 9.17) is 10.8 Å². The van der Waals surface area contributed by atoms with Gasteiger partial charge in [0, 0.05) is 0 Å². The second kappa shape index (κ2) is 4.05. The Morgan fingerprint density at radius 1 is 1.40 bits per heavy atom. The van der Waals surface area contributed by atoms with Gasteiger partial charge in [-0.25, -0.2) is 4.79 Å². The summed E-state index contributed by atoms with van der Waals surface area (Å²) in [6, 6.07) is -1.22. The highest BCUT2D eigenvalue weighted by molar-refractivity contribution is 5.89. The first-order valence-corrected chi connectivity index (χ1v) is 3.90. The zero-order chi connectivity index (χ0) is 12.4. The second-order valence-electron chi connectivity index (χ2n) is 3.21. The smallest absolute Gasteiger partial charge is 0.422 e. The predicted molar refractivity (Wildman–Crippen MR) is 43.9 cm³/mol. The molecule has 0 aliphatic rings.